The Morgan fingerprint density at radius 3 is 2.12 bits per heavy atom. The minimum atomic E-state index is -0.723. The lowest BCUT2D eigenvalue weighted by Gasteiger charge is -2.44. The van der Waals surface area contributed by atoms with Crippen molar-refractivity contribution in [3.63, 3.8) is 0 Å². The molecule has 9 heteroatoms. The third-order valence-electron chi connectivity index (χ3n) is 7.95. The molecule has 4 aliphatic rings. The van der Waals surface area contributed by atoms with Crippen LogP contribution in [0.4, 0.5) is 0 Å². The Balaban J connectivity index is 1.72. The van der Waals surface area contributed by atoms with E-state index in [1.54, 1.807) is 6.07 Å². The summed E-state index contributed by atoms with van der Waals surface area (Å²) < 4.78 is 10.8. The highest BCUT2D eigenvalue weighted by Crippen LogP contribution is 2.60. The van der Waals surface area contributed by atoms with Gasteiger partial charge in [0.2, 0.25) is 23.6 Å². The number of phenolic OH excluding ortho intramolecular Hbond substituents is 1. The molecule has 1 saturated carbocycles. The average Bonchev–Trinajstić information content (AvgIpc) is 3.17. The molecule has 9 nitrogen and oxygen atoms in total. The van der Waals surface area contributed by atoms with Gasteiger partial charge in [-0.1, -0.05) is 11.6 Å². The second kappa shape index (κ2) is 7.33. The molecule has 2 saturated heterocycles. The number of hydrogen-bond acceptors (Lipinski definition) is 7. The monoisotopic (exact) mass is 454 g/mol. The Morgan fingerprint density at radius 1 is 0.848 bits per heavy atom. The quantitative estimate of drug-likeness (QED) is 0.541. The molecule has 33 heavy (non-hydrogen) atoms. The highest BCUT2D eigenvalue weighted by atomic mass is 16.5. The number of aromatic hydroxyl groups is 1. The summed E-state index contributed by atoms with van der Waals surface area (Å²) >= 11 is 0. The molecular weight excluding hydrogens is 428 g/mol. The number of imide groups is 2. The average molecular weight is 454 g/mol. The van der Waals surface area contributed by atoms with Crippen molar-refractivity contribution >= 4 is 23.6 Å². The van der Waals surface area contributed by atoms with Crippen LogP contribution in [0.15, 0.2) is 23.8 Å². The van der Waals surface area contributed by atoms with Gasteiger partial charge in [-0.05, 0) is 18.8 Å². The van der Waals surface area contributed by atoms with Gasteiger partial charge in [0, 0.05) is 37.7 Å². The normalized spacial score (nSPS) is 33.0. The summed E-state index contributed by atoms with van der Waals surface area (Å²) in [6.45, 7) is 0. The Labute approximate surface area is 190 Å². The molecule has 2 aliphatic heterocycles. The first-order valence-electron chi connectivity index (χ1n) is 11.0. The lowest BCUT2D eigenvalue weighted by molar-refractivity contribution is -0.140. The van der Waals surface area contributed by atoms with Crippen molar-refractivity contribution in [2.24, 2.45) is 29.6 Å². The van der Waals surface area contributed by atoms with Gasteiger partial charge in [0.05, 0.1) is 37.9 Å². The molecule has 3 fully saturated rings. The molecule has 0 aromatic heterocycles. The van der Waals surface area contributed by atoms with Gasteiger partial charge in [0.1, 0.15) is 17.2 Å². The van der Waals surface area contributed by atoms with Crippen molar-refractivity contribution in [2.75, 3.05) is 28.3 Å². The third-order valence-corrected chi connectivity index (χ3v) is 7.95. The van der Waals surface area contributed by atoms with Gasteiger partial charge in [0.15, 0.2) is 0 Å². The molecule has 1 N–H and O–H groups in total. The number of methoxy groups -OCH3 is 2. The molecule has 0 spiro atoms. The van der Waals surface area contributed by atoms with E-state index in [1.807, 2.05) is 6.08 Å². The van der Waals surface area contributed by atoms with E-state index in [4.69, 9.17) is 9.47 Å². The van der Waals surface area contributed by atoms with Crippen molar-refractivity contribution in [1.29, 1.82) is 0 Å². The van der Waals surface area contributed by atoms with Crippen LogP contribution in [-0.2, 0) is 19.2 Å². The van der Waals surface area contributed by atoms with Gasteiger partial charge in [-0.2, -0.15) is 0 Å². The molecule has 1 aromatic rings. The number of likely N-dealkylation sites (tertiary alicyclic amines) is 2. The van der Waals surface area contributed by atoms with Crippen LogP contribution in [0.5, 0.6) is 17.2 Å². The summed E-state index contributed by atoms with van der Waals surface area (Å²) in [6.07, 6.45) is 2.61. The smallest absolute Gasteiger partial charge is 0.233 e. The first-order valence-corrected chi connectivity index (χ1v) is 11.0. The maximum absolute atomic E-state index is 13.2. The SMILES string of the molecule is COc1cc(O)c([C@H]2C3=CC[C@@H]4C(=O)N(C)C(=O)[C@@H]4[C@@H]3C[C@H]3C(=O)N(C)C(=O)[C@@H]23)c(OC)c1. The van der Waals surface area contributed by atoms with Crippen LogP contribution in [0.25, 0.3) is 0 Å². The first-order chi connectivity index (χ1) is 15.7. The number of nitrogens with zero attached hydrogens (tertiary/aromatic N) is 2. The lowest BCUT2D eigenvalue weighted by Crippen LogP contribution is -2.43. The van der Waals surface area contributed by atoms with Crippen LogP contribution in [0.2, 0.25) is 0 Å². The topological polar surface area (TPSA) is 113 Å². The predicted octanol–water partition coefficient (Wildman–Crippen LogP) is 1.30. The summed E-state index contributed by atoms with van der Waals surface area (Å²) in [6, 6.07) is 3.08. The molecule has 1 aromatic carbocycles. The van der Waals surface area contributed by atoms with Gasteiger partial charge >= 0.3 is 0 Å². The van der Waals surface area contributed by atoms with E-state index in [-0.39, 0.29) is 35.3 Å². The van der Waals surface area contributed by atoms with Crippen LogP contribution in [0, 0.1) is 29.6 Å². The number of rotatable bonds is 3. The molecule has 0 bridgehead atoms. The largest absolute Gasteiger partial charge is 0.507 e. The third kappa shape index (κ3) is 2.77. The minimum absolute atomic E-state index is 0.112. The van der Waals surface area contributed by atoms with Crippen molar-refractivity contribution in [1.82, 2.24) is 9.80 Å². The summed E-state index contributed by atoms with van der Waals surface area (Å²) in [5, 5.41) is 11.0. The zero-order chi connectivity index (χ0) is 23.8. The van der Waals surface area contributed by atoms with E-state index in [0.717, 1.165) is 10.5 Å². The second-order valence-electron chi connectivity index (χ2n) is 9.26. The summed E-state index contributed by atoms with van der Waals surface area (Å²) in [4.78, 5) is 54.3. The van der Waals surface area contributed by atoms with Crippen LogP contribution in [0.3, 0.4) is 0 Å². The molecule has 0 unspecified atom stereocenters. The van der Waals surface area contributed by atoms with Crippen LogP contribution in [0.1, 0.15) is 24.3 Å². The van der Waals surface area contributed by atoms with Gasteiger partial charge in [-0.3, -0.25) is 29.0 Å². The van der Waals surface area contributed by atoms with Gasteiger partial charge in [-0.25, -0.2) is 0 Å². The van der Waals surface area contributed by atoms with E-state index in [0.29, 0.717) is 29.9 Å². The summed E-state index contributed by atoms with van der Waals surface area (Å²) in [5.41, 5.74) is 1.20. The number of allylic oxidation sites excluding steroid dienone is 2. The molecule has 6 atom stereocenters. The van der Waals surface area contributed by atoms with Gasteiger partial charge in [0.25, 0.3) is 0 Å². The van der Waals surface area contributed by atoms with E-state index in [2.05, 4.69) is 0 Å². The lowest BCUT2D eigenvalue weighted by atomic mass is 9.57. The fourth-order valence-electron chi connectivity index (χ4n) is 6.41. The molecule has 174 valence electrons. The molecule has 2 heterocycles. The van der Waals surface area contributed by atoms with E-state index >= 15 is 0 Å². The Kier molecular flexibility index (Phi) is 4.77. The number of benzene rings is 1. The van der Waals surface area contributed by atoms with Crippen molar-refractivity contribution in [2.45, 2.75) is 18.8 Å². The Morgan fingerprint density at radius 2 is 1.48 bits per heavy atom. The van der Waals surface area contributed by atoms with Crippen LogP contribution < -0.4 is 9.47 Å². The molecule has 0 radical (unpaired) electrons. The number of fused-ring (bicyclic) bond motifs is 4. The molecule has 5 rings (SSSR count). The number of ether oxygens (including phenoxy) is 2. The number of hydrogen-bond donors (Lipinski definition) is 1. The molecule has 2 aliphatic carbocycles. The number of carbonyl (C=O) groups is 4. The standard InChI is InChI=1S/C24H26N2O7/c1-25-21(28)12-6-5-11-13(17(12)23(25)30)9-14-19(24(31)26(2)22(14)29)18(11)20-15(27)7-10(32-3)8-16(20)33-4/h5,7-8,12-14,17-19,27H,6,9H2,1-4H3/t12-,13+,14+,17-,18-,19+/m0/s1. The fraction of sp³-hybridized carbons (Fsp3) is 0.500. The predicted molar refractivity (Wildman–Crippen MR) is 114 cm³/mol. The number of phenols is 1. The maximum Gasteiger partial charge on any atom is 0.233 e. The van der Waals surface area contributed by atoms with Gasteiger partial charge < -0.3 is 14.6 Å². The fourth-order valence-corrected chi connectivity index (χ4v) is 6.41. The van der Waals surface area contributed by atoms with E-state index in [9.17, 15) is 24.3 Å². The van der Waals surface area contributed by atoms with Gasteiger partial charge in [-0.15, -0.1) is 0 Å². The second-order valence-corrected chi connectivity index (χ2v) is 9.26. The first kappa shape index (κ1) is 21.5. The summed E-state index contributed by atoms with van der Waals surface area (Å²) in [5.74, 6) is -3.93. The number of carbonyl (C=O) groups excluding carboxylic acids is 4. The maximum atomic E-state index is 13.2. The molecular formula is C24H26N2O7. The zero-order valence-electron chi connectivity index (χ0n) is 18.9. The zero-order valence-corrected chi connectivity index (χ0v) is 18.9. The minimum Gasteiger partial charge on any atom is -0.507 e. The van der Waals surface area contributed by atoms with Crippen LogP contribution >= 0.6 is 0 Å². The van der Waals surface area contributed by atoms with Crippen LogP contribution in [-0.4, -0.2) is 66.9 Å². The van der Waals surface area contributed by atoms with E-state index < -0.39 is 29.6 Å². The highest BCUT2D eigenvalue weighted by molar-refractivity contribution is 6.07. The molecule has 4 amide bonds. The highest BCUT2D eigenvalue weighted by Gasteiger charge is 2.61. The van der Waals surface area contributed by atoms with E-state index in [1.165, 1.54) is 39.3 Å². The Bertz CT molecular complexity index is 1130. The number of amides is 4. The summed E-state index contributed by atoms with van der Waals surface area (Å²) in [7, 11) is 5.88. The Hall–Kier alpha value is -3.36. The van der Waals surface area contributed by atoms with Crippen molar-refractivity contribution in [3.8, 4) is 17.2 Å². The van der Waals surface area contributed by atoms with Crippen molar-refractivity contribution in [3.05, 3.63) is 29.3 Å². The van der Waals surface area contributed by atoms with Crippen molar-refractivity contribution < 1.29 is 33.8 Å².